The topological polar surface area (TPSA) is 115 Å². The lowest BCUT2D eigenvalue weighted by Crippen LogP contribution is -2.35. The zero-order valence-corrected chi connectivity index (χ0v) is 10.1. The molecule has 98 valence electrons. The summed E-state index contributed by atoms with van der Waals surface area (Å²) in [5.74, 6) is -0.836. The number of carbonyl (C=O) groups excluding carboxylic acids is 2. The van der Waals surface area contributed by atoms with Crippen LogP contribution in [0.3, 0.4) is 0 Å². The van der Waals surface area contributed by atoms with E-state index in [1.807, 2.05) is 12.1 Å². The van der Waals surface area contributed by atoms with Crippen LogP contribution in [0.5, 0.6) is 0 Å². The van der Waals surface area contributed by atoms with Gasteiger partial charge in [-0.2, -0.15) is 0 Å². The van der Waals surface area contributed by atoms with E-state index in [-0.39, 0.29) is 13.0 Å². The second-order valence-corrected chi connectivity index (χ2v) is 4.13. The summed E-state index contributed by atoms with van der Waals surface area (Å²) in [5.41, 5.74) is 17.5. The molecule has 0 saturated carbocycles. The van der Waals surface area contributed by atoms with Crippen LogP contribution < -0.4 is 17.2 Å². The van der Waals surface area contributed by atoms with Gasteiger partial charge in [0, 0.05) is 25.2 Å². The maximum absolute atomic E-state index is 10.9. The molecule has 0 saturated heterocycles. The number of nitrogens with zero attached hydrogens (tertiary/aromatic N) is 1. The summed E-state index contributed by atoms with van der Waals surface area (Å²) in [5, 5.41) is 0. The molecule has 0 aromatic heterocycles. The first-order valence-electron chi connectivity index (χ1n) is 5.60. The Morgan fingerprint density at radius 2 is 1.67 bits per heavy atom. The Morgan fingerprint density at radius 3 is 2.17 bits per heavy atom. The maximum atomic E-state index is 10.9. The third-order valence-corrected chi connectivity index (χ3v) is 2.44. The molecule has 0 heterocycles. The standard InChI is InChI=1S/C12H18N4O2/c13-10-3-1-9(2-4-10)7-16(8-12(15)18)6-5-11(14)17/h1-4H,5-8,13H2,(H2,14,17)(H2,15,18). The summed E-state index contributed by atoms with van der Waals surface area (Å²) >= 11 is 0. The zero-order chi connectivity index (χ0) is 13.5. The fourth-order valence-electron chi connectivity index (χ4n) is 1.58. The lowest BCUT2D eigenvalue weighted by molar-refractivity contribution is -0.121. The van der Waals surface area contributed by atoms with Gasteiger partial charge < -0.3 is 17.2 Å². The van der Waals surface area contributed by atoms with Gasteiger partial charge in [0.05, 0.1) is 6.54 Å². The highest BCUT2D eigenvalue weighted by Gasteiger charge is 2.10. The summed E-state index contributed by atoms with van der Waals surface area (Å²) in [6.45, 7) is 1.02. The fourth-order valence-corrected chi connectivity index (χ4v) is 1.58. The molecule has 18 heavy (non-hydrogen) atoms. The van der Waals surface area contributed by atoms with E-state index in [4.69, 9.17) is 17.2 Å². The van der Waals surface area contributed by atoms with E-state index in [2.05, 4.69) is 0 Å². The van der Waals surface area contributed by atoms with Crippen molar-refractivity contribution >= 4 is 17.5 Å². The third-order valence-electron chi connectivity index (χ3n) is 2.44. The molecule has 6 nitrogen and oxygen atoms in total. The van der Waals surface area contributed by atoms with Gasteiger partial charge in [-0.05, 0) is 17.7 Å². The zero-order valence-electron chi connectivity index (χ0n) is 10.1. The normalized spacial score (nSPS) is 10.5. The molecule has 0 aliphatic carbocycles. The lowest BCUT2D eigenvalue weighted by atomic mass is 10.2. The summed E-state index contributed by atoms with van der Waals surface area (Å²) in [4.78, 5) is 23.5. The SMILES string of the molecule is NC(=O)CCN(CC(N)=O)Cc1ccc(N)cc1. The van der Waals surface area contributed by atoms with E-state index in [0.29, 0.717) is 18.8 Å². The predicted molar refractivity (Wildman–Crippen MR) is 69.1 cm³/mol. The summed E-state index contributed by atoms with van der Waals surface area (Å²) in [7, 11) is 0. The average Bonchev–Trinajstić information content (AvgIpc) is 2.28. The Morgan fingerprint density at radius 1 is 1.06 bits per heavy atom. The van der Waals surface area contributed by atoms with E-state index in [0.717, 1.165) is 5.56 Å². The van der Waals surface area contributed by atoms with Crippen molar-refractivity contribution in [1.82, 2.24) is 4.90 Å². The number of hydrogen-bond acceptors (Lipinski definition) is 4. The van der Waals surface area contributed by atoms with Gasteiger partial charge in [0.2, 0.25) is 11.8 Å². The van der Waals surface area contributed by atoms with E-state index in [1.165, 1.54) is 0 Å². The highest BCUT2D eigenvalue weighted by Crippen LogP contribution is 2.08. The number of anilines is 1. The number of amides is 2. The second kappa shape index (κ2) is 6.61. The number of benzene rings is 1. The summed E-state index contributed by atoms with van der Waals surface area (Å²) in [6, 6.07) is 7.30. The van der Waals surface area contributed by atoms with E-state index < -0.39 is 11.8 Å². The van der Waals surface area contributed by atoms with Crippen molar-refractivity contribution in [2.45, 2.75) is 13.0 Å². The molecule has 6 N–H and O–H groups in total. The Labute approximate surface area is 106 Å². The van der Waals surface area contributed by atoms with Gasteiger partial charge >= 0.3 is 0 Å². The van der Waals surface area contributed by atoms with Crippen molar-refractivity contribution in [3.05, 3.63) is 29.8 Å². The molecule has 0 atom stereocenters. The molecular formula is C12H18N4O2. The highest BCUT2D eigenvalue weighted by atomic mass is 16.1. The number of nitrogen functional groups attached to an aromatic ring is 1. The van der Waals surface area contributed by atoms with Crippen molar-refractivity contribution < 1.29 is 9.59 Å². The minimum absolute atomic E-state index is 0.0949. The number of rotatable bonds is 7. The Kier molecular flexibility index (Phi) is 5.13. The molecule has 2 amide bonds. The van der Waals surface area contributed by atoms with Crippen LogP contribution in [0.25, 0.3) is 0 Å². The highest BCUT2D eigenvalue weighted by molar-refractivity contribution is 5.76. The van der Waals surface area contributed by atoms with Gasteiger partial charge in [-0.3, -0.25) is 14.5 Å². The molecule has 6 heteroatoms. The maximum Gasteiger partial charge on any atom is 0.231 e. The van der Waals surface area contributed by atoms with Gasteiger partial charge in [0.25, 0.3) is 0 Å². The molecule has 1 aromatic rings. The smallest absolute Gasteiger partial charge is 0.231 e. The average molecular weight is 250 g/mol. The number of nitrogens with two attached hydrogens (primary N) is 3. The number of carbonyl (C=O) groups is 2. The van der Waals surface area contributed by atoms with Gasteiger partial charge in [-0.15, -0.1) is 0 Å². The fraction of sp³-hybridized carbons (Fsp3) is 0.333. The van der Waals surface area contributed by atoms with E-state index in [9.17, 15) is 9.59 Å². The van der Waals surface area contributed by atoms with Crippen molar-refractivity contribution in [3.8, 4) is 0 Å². The molecule has 0 unspecified atom stereocenters. The van der Waals surface area contributed by atoms with Gasteiger partial charge in [-0.25, -0.2) is 0 Å². The summed E-state index contributed by atoms with van der Waals surface area (Å²) in [6.07, 6.45) is 0.197. The lowest BCUT2D eigenvalue weighted by Gasteiger charge is -2.20. The number of hydrogen-bond donors (Lipinski definition) is 3. The van der Waals surface area contributed by atoms with Crippen LogP contribution in [0.2, 0.25) is 0 Å². The summed E-state index contributed by atoms with van der Waals surface area (Å²) < 4.78 is 0. The Hall–Kier alpha value is -2.08. The van der Waals surface area contributed by atoms with Crippen LogP contribution in [-0.2, 0) is 16.1 Å². The van der Waals surface area contributed by atoms with Gasteiger partial charge in [0.15, 0.2) is 0 Å². The van der Waals surface area contributed by atoms with Crippen molar-refractivity contribution in [3.63, 3.8) is 0 Å². The van der Waals surface area contributed by atoms with Crippen molar-refractivity contribution in [1.29, 1.82) is 0 Å². The van der Waals surface area contributed by atoms with Crippen LogP contribution >= 0.6 is 0 Å². The minimum Gasteiger partial charge on any atom is -0.399 e. The van der Waals surface area contributed by atoms with Crippen LogP contribution in [0, 0.1) is 0 Å². The van der Waals surface area contributed by atoms with Gasteiger partial charge in [0.1, 0.15) is 0 Å². The molecule has 0 aliphatic heterocycles. The molecule has 0 aliphatic rings. The molecular weight excluding hydrogens is 232 g/mol. The van der Waals surface area contributed by atoms with Gasteiger partial charge in [-0.1, -0.05) is 12.1 Å². The first-order chi connectivity index (χ1) is 8.47. The van der Waals surface area contributed by atoms with E-state index >= 15 is 0 Å². The van der Waals surface area contributed by atoms with Crippen molar-refractivity contribution in [2.75, 3.05) is 18.8 Å². The number of primary amides is 2. The minimum atomic E-state index is -0.435. The van der Waals surface area contributed by atoms with Crippen LogP contribution in [0.15, 0.2) is 24.3 Å². The molecule has 0 radical (unpaired) electrons. The van der Waals surface area contributed by atoms with Crippen molar-refractivity contribution in [2.24, 2.45) is 11.5 Å². The molecule has 1 rings (SSSR count). The molecule has 1 aromatic carbocycles. The third kappa shape index (κ3) is 5.31. The van der Waals surface area contributed by atoms with E-state index in [1.54, 1.807) is 17.0 Å². The second-order valence-electron chi connectivity index (χ2n) is 4.13. The molecule has 0 bridgehead atoms. The van der Waals surface area contributed by atoms with Crippen LogP contribution in [-0.4, -0.2) is 29.8 Å². The largest absolute Gasteiger partial charge is 0.399 e. The Bertz CT molecular complexity index is 417. The molecule has 0 fully saturated rings. The monoisotopic (exact) mass is 250 g/mol. The first-order valence-corrected chi connectivity index (χ1v) is 5.60. The Balaban J connectivity index is 2.61. The quantitative estimate of drug-likeness (QED) is 0.562. The molecule has 0 spiro atoms. The first kappa shape index (κ1) is 14.0. The van der Waals surface area contributed by atoms with Crippen LogP contribution in [0.4, 0.5) is 5.69 Å². The van der Waals surface area contributed by atoms with Crippen LogP contribution in [0.1, 0.15) is 12.0 Å². The predicted octanol–water partition coefficient (Wildman–Crippen LogP) is -0.568.